The summed E-state index contributed by atoms with van der Waals surface area (Å²) in [5.74, 6) is -0.204. The van der Waals surface area contributed by atoms with E-state index >= 15 is 0 Å². The van der Waals surface area contributed by atoms with Crippen molar-refractivity contribution in [2.45, 2.75) is 49.5 Å². The summed E-state index contributed by atoms with van der Waals surface area (Å²) >= 11 is 3.51. The molecule has 0 aliphatic heterocycles. The summed E-state index contributed by atoms with van der Waals surface area (Å²) in [7, 11) is 1.47. The Balaban J connectivity index is 1.65. The maximum Gasteiger partial charge on any atom is 0.331 e. The van der Waals surface area contributed by atoms with Crippen LogP contribution in [0.5, 0.6) is 0 Å². The first-order chi connectivity index (χ1) is 14.5. The monoisotopic (exact) mass is 469 g/mol. The Kier molecular flexibility index (Phi) is 6.03. The Labute approximate surface area is 186 Å². The zero-order valence-corrected chi connectivity index (χ0v) is 18.9. The van der Waals surface area contributed by atoms with Crippen LogP contribution in [-0.2, 0) is 14.9 Å². The van der Waals surface area contributed by atoms with E-state index in [1.165, 1.54) is 23.8 Å². The van der Waals surface area contributed by atoms with E-state index < -0.39 is 5.54 Å². The average molecular weight is 470 g/mol. The summed E-state index contributed by atoms with van der Waals surface area (Å²) in [6.45, 7) is 0.195. The van der Waals surface area contributed by atoms with Crippen LogP contribution in [0.3, 0.4) is 0 Å². The number of methoxy groups -OCH3 is 1. The normalized spacial score (nSPS) is 25.0. The molecule has 0 atom stereocenters. The van der Waals surface area contributed by atoms with Gasteiger partial charge >= 0.3 is 5.97 Å². The summed E-state index contributed by atoms with van der Waals surface area (Å²) in [5.41, 5.74) is 4.14. The van der Waals surface area contributed by atoms with Crippen LogP contribution >= 0.6 is 15.9 Å². The van der Waals surface area contributed by atoms with E-state index in [1.807, 2.05) is 24.3 Å². The number of fused-ring (bicyclic) bond motifs is 2. The van der Waals surface area contributed by atoms with Crippen LogP contribution in [0.25, 0.3) is 6.08 Å². The lowest BCUT2D eigenvalue weighted by Gasteiger charge is -2.46. The van der Waals surface area contributed by atoms with E-state index in [0.29, 0.717) is 12.8 Å². The maximum absolute atomic E-state index is 12.9. The molecule has 1 fully saturated rings. The fourth-order valence-corrected chi connectivity index (χ4v) is 5.65. The van der Waals surface area contributed by atoms with Gasteiger partial charge in [-0.3, -0.25) is 0 Å². The summed E-state index contributed by atoms with van der Waals surface area (Å²) in [6, 6.07) is 16.5. The molecule has 0 radical (unpaired) electrons. The third-order valence-corrected chi connectivity index (χ3v) is 7.26. The summed E-state index contributed by atoms with van der Waals surface area (Å²) in [5, 5.41) is 12.9. The topological polar surface area (TPSA) is 58.6 Å². The first kappa shape index (κ1) is 21.1. The summed E-state index contributed by atoms with van der Waals surface area (Å²) < 4.78 is 6.22. The van der Waals surface area contributed by atoms with E-state index in [4.69, 9.17) is 4.74 Å². The first-order valence-electron chi connectivity index (χ1n) is 10.6. The number of hydrogen-bond acceptors (Lipinski definition) is 4. The van der Waals surface area contributed by atoms with Gasteiger partial charge in [0.05, 0.1) is 7.11 Å². The number of ether oxygens (including phenoxy) is 1. The van der Waals surface area contributed by atoms with Crippen molar-refractivity contribution in [1.82, 2.24) is 0 Å². The van der Waals surface area contributed by atoms with Gasteiger partial charge < -0.3 is 15.2 Å². The van der Waals surface area contributed by atoms with Crippen molar-refractivity contribution in [3.05, 3.63) is 69.7 Å². The van der Waals surface area contributed by atoms with Crippen LogP contribution in [0, 0.1) is 0 Å². The standard InChI is InChI=1S/C25H28BrNO3/c1-30-23(29)25(27-21-9-4-8-20(26)17-21)13-11-24(12-14-25)19(7-5-15-28)16-18-6-2-3-10-22(18)24/h2-4,6,8-10,16-17,27-28H,5,7,11-15H2,1H3. The van der Waals surface area contributed by atoms with E-state index in [9.17, 15) is 9.90 Å². The number of hydrogen-bond donors (Lipinski definition) is 2. The number of aliphatic hydroxyl groups excluding tert-OH is 1. The Morgan fingerprint density at radius 2 is 1.90 bits per heavy atom. The smallest absolute Gasteiger partial charge is 0.331 e. The molecule has 1 saturated carbocycles. The lowest BCUT2D eigenvalue weighted by Crippen LogP contribution is -2.52. The average Bonchev–Trinajstić information content (AvgIpc) is 3.06. The van der Waals surface area contributed by atoms with Gasteiger partial charge in [-0.15, -0.1) is 0 Å². The number of aliphatic hydroxyl groups is 1. The van der Waals surface area contributed by atoms with Gasteiger partial charge in [0.2, 0.25) is 0 Å². The van der Waals surface area contributed by atoms with E-state index in [1.54, 1.807) is 0 Å². The number of rotatable bonds is 6. The highest BCUT2D eigenvalue weighted by Crippen LogP contribution is 2.54. The van der Waals surface area contributed by atoms with E-state index in [-0.39, 0.29) is 18.0 Å². The second-order valence-electron chi connectivity index (χ2n) is 8.38. The van der Waals surface area contributed by atoms with Gasteiger partial charge in [-0.1, -0.05) is 57.9 Å². The minimum atomic E-state index is -0.736. The molecule has 2 aromatic rings. The van der Waals surface area contributed by atoms with Crippen molar-refractivity contribution in [1.29, 1.82) is 0 Å². The van der Waals surface area contributed by atoms with Crippen LogP contribution < -0.4 is 5.32 Å². The van der Waals surface area contributed by atoms with Crippen molar-refractivity contribution < 1.29 is 14.6 Å². The molecule has 4 rings (SSSR count). The minimum Gasteiger partial charge on any atom is -0.467 e. The molecule has 2 aliphatic rings. The number of esters is 1. The van der Waals surface area contributed by atoms with Crippen molar-refractivity contribution >= 4 is 33.7 Å². The Bertz CT molecular complexity index is 960. The third-order valence-electron chi connectivity index (χ3n) is 6.77. The lowest BCUT2D eigenvalue weighted by atomic mass is 9.61. The van der Waals surface area contributed by atoms with Crippen LogP contribution in [0.1, 0.15) is 49.7 Å². The predicted molar refractivity (Wildman–Crippen MR) is 123 cm³/mol. The fraction of sp³-hybridized carbons (Fsp3) is 0.400. The third kappa shape index (κ3) is 3.69. The maximum atomic E-state index is 12.9. The number of nitrogens with one attached hydrogen (secondary N) is 1. The molecule has 0 bridgehead atoms. The Hall–Kier alpha value is -2.11. The highest BCUT2D eigenvalue weighted by Gasteiger charge is 2.51. The first-order valence-corrected chi connectivity index (χ1v) is 11.4. The molecule has 2 aliphatic carbocycles. The minimum absolute atomic E-state index is 0.0533. The molecular formula is C25H28BrNO3. The second kappa shape index (κ2) is 8.56. The summed E-state index contributed by atoms with van der Waals surface area (Å²) in [6.07, 6.45) is 7.08. The van der Waals surface area contributed by atoms with Crippen molar-refractivity contribution in [2.75, 3.05) is 19.0 Å². The molecule has 4 nitrogen and oxygen atoms in total. The predicted octanol–water partition coefficient (Wildman–Crippen LogP) is 5.45. The summed E-state index contributed by atoms with van der Waals surface area (Å²) in [4.78, 5) is 12.9. The molecule has 0 unspecified atom stereocenters. The highest BCUT2D eigenvalue weighted by molar-refractivity contribution is 9.10. The number of benzene rings is 2. The molecule has 5 heteroatoms. The molecule has 1 spiro atoms. The van der Waals surface area contributed by atoms with Crippen LogP contribution in [0.4, 0.5) is 5.69 Å². The number of anilines is 1. The SMILES string of the molecule is COC(=O)C1(Nc2cccc(Br)c2)CCC2(CC1)C(CCCO)=Cc1ccccc12. The zero-order chi connectivity index (χ0) is 21.2. The van der Waals surface area contributed by atoms with Gasteiger partial charge in [-0.05, 0) is 67.9 Å². The number of carbonyl (C=O) groups excluding carboxylic acids is 1. The van der Waals surface area contributed by atoms with E-state index in [2.05, 4.69) is 51.6 Å². The fourth-order valence-electron chi connectivity index (χ4n) is 5.25. The molecule has 0 aromatic heterocycles. The molecule has 30 heavy (non-hydrogen) atoms. The molecule has 0 amide bonds. The van der Waals surface area contributed by atoms with Crippen molar-refractivity contribution in [3.8, 4) is 0 Å². The highest BCUT2D eigenvalue weighted by atomic mass is 79.9. The molecule has 2 N–H and O–H groups in total. The van der Waals surface area contributed by atoms with Gasteiger partial charge in [0.25, 0.3) is 0 Å². The number of allylic oxidation sites excluding steroid dienone is 1. The van der Waals surface area contributed by atoms with Gasteiger partial charge in [0, 0.05) is 22.2 Å². The van der Waals surface area contributed by atoms with Gasteiger partial charge in [-0.2, -0.15) is 0 Å². The zero-order valence-electron chi connectivity index (χ0n) is 17.3. The van der Waals surface area contributed by atoms with Crippen LogP contribution in [-0.4, -0.2) is 30.3 Å². The number of carbonyl (C=O) groups is 1. The molecule has 0 saturated heterocycles. The quantitative estimate of drug-likeness (QED) is 0.551. The lowest BCUT2D eigenvalue weighted by molar-refractivity contribution is -0.147. The van der Waals surface area contributed by atoms with Crippen LogP contribution in [0.15, 0.2) is 58.6 Å². The Morgan fingerprint density at radius 1 is 1.13 bits per heavy atom. The van der Waals surface area contributed by atoms with Crippen molar-refractivity contribution in [3.63, 3.8) is 0 Å². The van der Waals surface area contributed by atoms with Crippen molar-refractivity contribution in [2.24, 2.45) is 0 Å². The number of halogens is 1. The molecule has 158 valence electrons. The van der Waals surface area contributed by atoms with E-state index in [0.717, 1.165) is 35.8 Å². The van der Waals surface area contributed by atoms with Gasteiger partial charge in [-0.25, -0.2) is 4.79 Å². The van der Waals surface area contributed by atoms with Gasteiger partial charge in [0.15, 0.2) is 0 Å². The second-order valence-corrected chi connectivity index (χ2v) is 9.29. The molecule has 0 heterocycles. The Morgan fingerprint density at radius 3 is 2.60 bits per heavy atom. The van der Waals surface area contributed by atoms with Gasteiger partial charge in [0.1, 0.15) is 5.54 Å². The largest absolute Gasteiger partial charge is 0.467 e. The van der Waals surface area contributed by atoms with Crippen LogP contribution in [0.2, 0.25) is 0 Å². The molecule has 2 aromatic carbocycles. The molecular weight excluding hydrogens is 442 g/mol.